The zero-order valence-corrected chi connectivity index (χ0v) is 14.2. The van der Waals surface area contributed by atoms with Gasteiger partial charge < -0.3 is 15.0 Å². The van der Waals surface area contributed by atoms with E-state index in [4.69, 9.17) is 4.74 Å². The number of nitrogens with zero attached hydrogens (tertiary/aromatic N) is 1. The van der Waals surface area contributed by atoms with Crippen molar-refractivity contribution in [2.75, 3.05) is 13.1 Å². The van der Waals surface area contributed by atoms with E-state index in [1.807, 2.05) is 39.0 Å². The number of ether oxygens (including phenoxy) is 1. The molecule has 0 spiro atoms. The second-order valence-electron chi connectivity index (χ2n) is 6.91. The summed E-state index contributed by atoms with van der Waals surface area (Å²) in [7, 11) is 0. The molecule has 1 saturated heterocycles. The summed E-state index contributed by atoms with van der Waals surface area (Å²) < 4.78 is 5.50. The van der Waals surface area contributed by atoms with Crippen LogP contribution in [0.1, 0.15) is 39.2 Å². The highest BCUT2D eigenvalue weighted by Gasteiger charge is 2.30. The number of carbonyl (C=O) groups excluding carboxylic acids is 2. The number of amides is 2. The van der Waals surface area contributed by atoms with Crippen molar-refractivity contribution in [2.24, 2.45) is 0 Å². The van der Waals surface area contributed by atoms with Crippen LogP contribution in [-0.4, -0.2) is 41.6 Å². The molecule has 0 saturated carbocycles. The smallest absolute Gasteiger partial charge is 0.410 e. The van der Waals surface area contributed by atoms with Crippen LogP contribution in [0, 0.1) is 0 Å². The average molecular weight is 318 g/mol. The Balaban J connectivity index is 2.04. The molecule has 0 aromatic heterocycles. The maximum Gasteiger partial charge on any atom is 0.410 e. The van der Waals surface area contributed by atoms with E-state index in [0.29, 0.717) is 19.5 Å². The zero-order valence-electron chi connectivity index (χ0n) is 14.2. The van der Waals surface area contributed by atoms with Gasteiger partial charge in [-0.3, -0.25) is 4.79 Å². The molecule has 1 fully saturated rings. The van der Waals surface area contributed by atoms with E-state index in [-0.39, 0.29) is 18.0 Å². The molecule has 1 aliphatic rings. The van der Waals surface area contributed by atoms with Crippen molar-refractivity contribution in [3.63, 3.8) is 0 Å². The Labute approximate surface area is 138 Å². The summed E-state index contributed by atoms with van der Waals surface area (Å²) in [5.41, 5.74) is 0.692. The van der Waals surface area contributed by atoms with E-state index in [9.17, 15) is 9.59 Å². The highest BCUT2D eigenvalue weighted by atomic mass is 16.6. The fourth-order valence-corrected chi connectivity index (χ4v) is 2.63. The number of aryl methyl sites for hydroxylation is 1. The summed E-state index contributed by atoms with van der Waals surface area (Å²) >= 11 is 0. The van der Waals surface area contributed by atoms with Gasteiger partial charge in [-0.25, -0.2) is 4.79 Å². The molecule has 1 N–H and O–H groups in total. The van der Waals surface area contributed by atoms with Crippen molar-refractivity contribution >= 4 is 12.0 Å². The maximum absolute atomic E-state index is 12.5. The minimum Gasteiger partial charge on any atom is -0.444 e. The van der Waals surface area contributed by atoms with Crippen LogP contribution in [0.15, 0.2) is 30.3 Å². The lowest BCUT2D eigenvalue weighted by atomic mass is 10.0. The topological polar surface area (TPSA) is 58.6 Å². The van der Waals surface area contributed by atoms with Gasteiger partial charge in [0.15, 0.2) is 0 Å². The second kappa shape index (κ2) is 7.49. The Kier molecular flexibility index (Phi) is 5.64. The number of nitrogens with one attached hydrogen (secondary N) is 1. The molecule has 1 aromatic rings. The van der Waals surface area contributed by atoms with Gasteiger partial charge in [0.2, 0.25) is 5.91 Å². The Morgan fingerprint density at radius 2 is 2.00 bits per heavy atom. The monoisotopic (exact) mass is 318 g/mol. The number of hydrogen-bond acceptors (Lipinski definition) is 3. The first-order valence-electron chi connectivity index (χ1n) is 8.15. The van der Waals surface area contributed by atoms with Crippen LogP contribution < -0.4 is 5.32 Å². The fraction of sp³-hybridized carbons (Fsp3) is 0.556. The van der Waals surface area contributed by atoms with Crippen LogP contribution in [0.4, 0.5) is 4.79 Å². The summed E-state index contributed by atoms with van der Waals surface area (Å²) in [6.07, 6.45) is 1.64. The lowest BCUT2D eigenvalue weighted by Gasteiger charge is -2.32. The number of benzene rings is 1. The Morgan fingerprint density at radius 1 is 1.30 bits per heavy atom. The van der Waals surface area contributed by atoms with E-state index in [0.717, 1.165) is 12.8 Å². The number of rotatable bonds is 3. The Morgan fingerprint density at radius 3 is 2.65 bits per heavy atom. The molecule has 1 unspecified atom stereocenters. The molecule has 23 heavy (non-hydrogen) atoms. The third-order valence-corrected chi connectivity index (χ3v) is 3.79. The Hall–Kier alpha value is -2.04. The molecule has 1 atom stereocenters. The van der Waals surface area contributed by atoms with Gasteiger partial charge in [-0.1, -0.05) is 30.3 Å². The van der Waals surface area contributed by atoms with Crippen molar-refractivity contribution in [1.82, 2.24) is 10.2 Å². The summed E-state index contributed by atoms with van der Waals surface area (Å²) in [4.78, 5) is 25.8. The van der Waals surface area contributed by atoms with Crippen LogP contribution in [0.3, 0.4) is 0 Å². The Bertz CT molecular complexity index is 537. The molecular weight excluding hydrogens is 292 g/mol. The lowest BCUT2D eigenvalue weighted by molar-refractivity contribution is -0.120. The summed E-state index contributed by atoms with van der Waals surface area (Å²) in [6.45, 7) is 6.44. The first-order chi connectivity index (χ1) is 10.8. The molecule has 0 radical (unpaired) electrons. The largest absolute Gasteiger partial charge is 0.444 e. The molecule has 2 amide bonds. The molecule has 5 nitrogen and oxygen atoms in total. The summed E-state index contributed by atoms with van der Waals surface area (Å²) in [5.74, 6) is -0.0132. The molecule has 1 aromatic carbocycles. The van der Waals surface area contributed by atoms with Crippen LogP contribution in [-0.2, 0) is 16.0 Å². The fourth-order valence-electron chi connectivity index (χ4n) is 2.63. The van der Waals surface area contributed by atoms with Gasteiger partial charge in [0.25, 0.3) is 0 Å². The van der Waals surface area contributed by atoms with E-state index in [1.165, 1.54) is 5.56 Å². The van der Waals surface area contributed by atoms with Crippen LogP contribution in [0.5, 0.6) is 0 Å². The molecule has 0 aliphatic carbocycles. The van der Waals surface area contributed by atoms with Gasteiger partial charge in [0.1, 0.15) is 5.60 Å². The van der Waals surface area contributed by atoms with Crippen molar-refractivity contribution in [3.8, 4) is 0 Å². The van der Waals surface area contributed by atoms with E-state index < -0.39 is 5.60 Å². The highest BCUT2D eigenvalue weighted by Crippen LogP contribution is 2.17. The summed E-state index contributed by atoms with van der Waals surface area (Å²) in [6, 6.07) is 10.1. The molecule has 2 rings (SSSR count). The van der Waals surface area contributed by atoms with E-state index in [2.05, 4.69) is 17.4 Å². The van der Waals surface area contributed by atoms with Crippen LogP contribution in [0.2, 0.25) is 0 Å². The van der Waals surface area contributed by atoms with Crippen molar-refractivity contribution in [1.29, 1.82) is 0 Å². The van der Waals surface area contributed by atoms with Crippen LogP contribution in [0.25, 0.3) is 0 Å². The third-order valence-electron chi connectivity index (χ3n) is 3.79. The number of hydrogen-bond donors (Lipinski definition) is 1. The first-order valence-corrected chi connectivity index (χ1v) is 8.15. The molecule has 5 heteroatoms. The van der Waals surface area contributed by atoms with E-state index >= 15 is 0 Å². The third kappa shape index (κ3) is 5.58. The molecule has 1 heterocycles. The molecule has 126 valence electrons. The standard InChI is InChI=1S/C18H26N2O3/c1-18(2,3)23-17(22)20-12-11-16(21)19-13-15(20)10-9-14-7-5-4-6-8-14/h4-8,15H,9-13H2,1-3H3,(H,19,21). The zero-order chi connectivity index (χ0) is 16.9. The van der Waals surface area contributed by atoms with Gasteiger partial charge in [-0.05, 0) is 39.2 Å². The maximum atomic E-state index is 12.5. The van der Waals surface area contributed by atoms with Crippen molar-refractivity contribution in [2.45, 2.75) is 51.7 Å². The van der Waals surface area contributed by atoms with Crippen molar-refractivity contribution in [3.05, 3.63) is 35.9 Å². The molecule has 0 bridgehead atoms. The minimum atomic E-state index is -0.537. The predicted molar refractivity (Wildman–Crippen MR) is 89.1 cm³/mol. The van der Waals surface area contributed by atoms with E-state index in [1.54, 1.807) is 4.90 Å². The molecule has 1 aliphatic heterocycles. The quantitative estimate of drug-likeness (QED) is 0.932. The first kappa shape index (κ1) is 17.3. The normalized spacial score (nSPS) is 19.0. The van der Waals surface area contributed by atoms with Gasteiger partial charge in [-0.15, -0.1) is 0 Å². The van der Waals surface area contributed by atoms with Crippen molar-refractivity contribution < 1.29 is 14.3 Å². The lowest BCUT2D eigenvalue weighted by Crippen LogP contribution is -2.46. The van der Waals surface area contributed by atoms with Crippen LogP contribution >= 0.6 is 0 Å². The molecular formula is C18H26N2O3. The minimum absolute atomic E-state index is 0.0132. The average Bonchev–Trinajstić information content (AvgIpc) is 2.66. The second-order valence-corrected chi connectivity index (χ2v) is 6.91. The van der Waals surface area contributed by atoms with Gasteiger partial charge in [0.05, 0.1) is 6.04 Å². The van der Waals surface area contributed by atoms with Gasteiger partial charge in [-0.2, -0.15) is 0 Å². The number of carbonyl (C=O) groups is 2. The summed E-state index contributed by atoms with van der Waals surface area (Å²) in [5, 5.41) is 2.89. The highest BCUT2D eigenvalue weighted by molar-refractivity contribution is 5.78. The predicted octanol–water partition coefficient (Wildman–Crippen LogP) is 2.74. The SMILES string of the molecule is CC(C)(C)OC(=O)N1CCC(=O)NCC1CCc1ccccc1. The van der Waals surface area contributed by atoms with Gasteiger partial charge >= 0.3 is 6.09 Å². The van der Waals surface area contributed by atoms with Gasteiger partial charge in [0, 0.05) is 19.5 Å².